The van der Waals surface area contributed by atoms with Crippen LogP contribution in [0.2, 0.25) is 0 Å². The lowest BCUT2D eigenvalue weighted by atomic mass is 10.0. The van der Waals surface area contributed by atoms with Crippen molar-refractivity contribution in [1.82, 2.24) is 0 Å². The van der Waals surface area contributed by atoms with E-state index in [-0.39, 0.29) is 18.1 Å². The van der Waals surface area contributed by atoms with Crippen molar-refractivity contribution < 1.29 is 9.59 Å². The van der Waals surface area contributed by atoms with Gasteiger partial charge in [-0.2, -0.15) is 0 Å². The first kappa shape index (κ1) is 16.0. The smallest absolute Gasteiger partial charge is 0.232 e. The summed E-state index contributed by atoms with van der Waals surface area (Å²) in [5.41, 5.74) is 3.62. The molecule has 2 aromatic carbocycles. The van der Waals surface area contributed by atoms with Crippen LogP contribution in [0.3, 0.4) is 0 Å². The highest BCUT2D eigenvalue weighted by Crippen LogP contribution is 2.22. The zero-order chi connectivity index (χ0) is 15.9. The molecule has 0 atom stereocenters. The second-order valence-electron chi connectivity index (χ2n) is 5.17. The number of benzene rings is 2. The van der Waals surface area contributed by atoms with E-state index in [4.69, 9.17) is 0 Å². The molecule has 0 fully saturated rings. The van der Waals surface area contributed by atoms with E-state index >= 15 is 0 Å². The van der Waals surface area contributed by atoms with Gasteiger partial charge in [0.05, 0.1) is 6.42 Å². The zero-order valence-electron chi connectivity index (χ0n) is 13.1. The number of nitrogens with one attached hydrogen (secondary N) is 1. The van der Waals surface area contributed by atoms with Crippen LogP contribution < -0.4 is 5.32 Å². The molecule has 0 aliphatic heterocycles. The number of carbonyl (C=O) groups is 2. The maximum absolute atomic E-state index is 12.2. The molecule has 0 aliphatic rings. The summed E-state index contributed by atoms with van der Waals surface area (Å²) < 4.78 is 0. The minimum atomic E-state index is -0.260. The maximum atomic E-state index is 12.2. The predicted molar refractivity (Wildman–Crippen MR) is 89.2 cm³/mol. The summed E-state index contributed by atoms with van der Waals surface area (Å²) in [7, 11) is 0. The predicted octanol–water partition coefficient (Wildman–Crippen LogP) is 4.02. The van der Waals surface area contributed by atoms with Gasteiger partial charge in [-0.05, 0) is 24.0 Å². The number of Topliss-reactive ketones (excluding diaryl/α,β-unsaturated/α-hetero) is 1. The van der Waals surface area contributed by atoms with Gasteiger partial charge >= 0.3 is 0 Å². The maximum Gasteiger partial charge on any atom is 0.232 e. The molecule has 0 spiro atoms. The van der Waals surface area contributed by atoms with Gasteiger partial charge in [0.1, 0.15) is 0 Å². The first-order valence-electron chi connectivity index (χ1n) is 7.64. The third-order valence-electron chi connectivity index (χ3n) is 3.68. The van der Waals surface area contributed by atoms with E-state index in [1.807, 2.05) is 24.3 Å². The van der Waals surface area contributed by atoms with Crippen LogP contribution in [0.25, 0.3) is 0 Å². The minimum Gasteiger partial charge on any atom is -0.325 e. The van der Waals surface area contributed by atoms with Crippen molar-refractivity contribution in [3.05, 3.63) is 65.2 Å². The SMILES string of the molecule is CCc1cccc(CC)c1NC(=O)CC(=O)c1ccccc1. The van der Waals surface area contributed by atoms with Gasteiger partial charge in [-0.25, -0.2) is 0 Å². The quantitative estimate of drug-likeness (QED) is 0.646. The van der Waals surface area contributed by atoms with Crippen molar-refractivity contribution in [3.63, 3.8) is 0 Å². The average molecular weight is 295 g/mol. The van der Waals surface area contributed by atoms with Gasteiger partial charge in [0.25, 0.3) is 0 Å². The van der Waals surface area contributed by atoms with Gasteiger partial charge in [0.2, 0.25) is 5.91 Å². The molecule has 3 nitrogen and oxygen atoms in total. The van der Waals surface area contributed by atoms with Crippen LogP contribution in [0.1, 0.15) is 41.8 Å². The average Bonchev–Trinajstić information content (AvgIpc) is 2.55. The highest BCUT2D eigenvalue weighted by Gasteiger charge is 2.14. The second kappa shape index (κ2) is 7.55. The van der Waals surface area contributed by atoms with Crippen LogP contribution in [0.4, 0.5) is 5.69 Å². The molecule has 3 heteroatoms. The zero-order valence-corrected chi connectivity index (χ0v) is 13.1. The standard InChI is InChI=1S/C19H21NO2/c1-3-14-11-8-12-15(4-2)19(14)20-18(22)13-17(21)16-9-6-5-7-10-16/h5-12H,3-4,13H2,1-2H3,(H,20,22). The first-order valence-corrected chi connectivity index (χ1v) is 7.64. The summed E-state index contributed by atoms with van der Waals surface area (Å²) in [6.07, 6.45) is 1.55. The molecular weight excluding hydrogens is 274 g/mol. The summed E-state index contributed by atoms with van der Waals surface area (Å²) in [6.45, 7) is 4.11. The number of anilines is 1. The van der Waals surface area contributed by atoms with Gasteiger partial charge in [-0.15, -0.1) is 0 Å². The van der Waals surface area contributed by atoms with Crippen molar-refractivity contribution in [2.45, 2.75) is 33.1 Å². The minimum absolute atomic E-state index is 0.134. The van der Waals surface area contributed by atoms with Crippen molar-refractivity contribution in [1.29, 1.82) is 0 Å². The van der Waals surface area contributed by atoms with Crippen molar-refractivity contribution in [2.75, 3.05) is 5.32 Å². The van der Waals surface area contributed by atoms with E-state index in [1.54, 1.807) is 24.3 Å². The Bertz CT molecular complexity index is 640. The number of amides is 1. The Labute approximate surface area is 131 Å². The van der Waals surface area contributed by atoms with Crippen LogP contribution in [0, 0.1) is 0 Å². The largest absolute Gasteiger partial charge is 0.325 e. The van der Waals surface area contributed by atoms with Gasteiger partial charge in [-0.1, -0.05) is 62.4 Å². The summed E-state index contributed by atoms with van der Waals surface area (Å²) in [4.78, 5) is 24.3. The summed E-state index contributed by atoms with van der Waals surface area (Å²) >= 11 is 0. The molecule has 0 heterocycles. The lowest BCUT2D eigenvalue weighted by Crippen LogP contribution is -2.18. The van der Waals surface area contributed by atoms with E-state index in [1.165, 1.54) is 0 Å². The number of aryl methyl sites for hydroxylation is 2. The summed E-state index contributed by atoms with van der Waals surface area (Å²) in [6, 6.07) is 14.9. The van der Waals surface area contributed by atoms with Gasteiger partial charge in [-0.3, -0.25) is 9.59 Å². The highest BCUT2D eigenvalue weighted by molar-refractivity contribution is 6.11. The lowest BCUT2D eigenvalue weighted by Gasteiger charge is -2.14. The summed E-state index contributed by atoms with van der Waals surface area (Å²) in [5.74, 6) is -0.422. The normalized spacial score (nSPS) is 10.3. The molecule has 1 amide bonds. The molecule has 0 aromatic heterocycles. The molecule has 1 N–H and O–H groups in total. The molecule has 114 valence electrons. The van der Waals surface area contributed by atoms with Crippen LogP contribution in [-0.2, 0) is 17.6 Å². The number of hydrogen-bond acceptors (Lipinski definition) is 2. The first-order chi connectivity index (χ1) is 10.7. The Kier molecular flexibility index (Phi) is 5.48. The molecule has 0 bridgehead atoms. The van der Waals surface area contributed by atoms with Gasteiger partial charge in [0.15, 0.2) is 5.78 Å². The third-order valence-corrected chi connectivity index (χ3v) is 3.68. The van der Waals surface area contributed by atoms with Gasteiger partial charge < -0.3 is 5.32 Å². The highest BCUT2D eigenvalue weighted by atomic mass is 16.2. The number of carbonyl (C=O) groups excluding carboxylic acids is 2. The number of rotatable bonds is 6. The molecule has 0 radical (unpaired) electrons. The second-order valence-corrected chi connectivity index (χ2v) is 5.17. The molecular formula is C19H21NO2. The lowest BCUT2D eigenvalue weighted by molar-refractivity contribution is -0.115. The Balaban J connectivity index is 2.11. The topological polar surface area (TPSA) is 46.2 Å². The van der Waals surface area contributed by atoms with E-state index in [0.717, 1.165) is 29.7 Å². The molecule has 2 aromatic rings. The number of para-hydroxylation sites is 1. The Hall–Kier alpha value is -2.42. The fraction of sp³-hybridized carbons (Fsp3) is 0.263. The molecule has 0 saturated carbocycles. The van der Waals surface area contributed by atoms with E-state index in [2.05, 4.69) is 19.2 Å². The van der Waals surface area contributed by atoms with Crippen molar-refractivity contribution in [2.24, 2.45) is 0 Å². The van der Waals surface area contributed by atoms with E-state index in [9.17, 15) is 9.59 Å². The van der Waals surface area contributed by atoms with E-state index in [0.29, 0.717) is 5.56 Å². The fourth-order valence-electron chi connectivity index (χ4n) is 2.46. The Morgan fingerprint density at radius 3 is 2.00 bits per heavy atom. The molecule has 2 rings (SSSR count). The van der Waals surface area contributed by atoms with E-state index < -0.39 is 0 Å². The Morgan fingerprint density at radius 2 is 1.45 bits per heavy atom. The van der Waals surface area contributed by atoms with Crippen LogP contribution in [-0.4, -0.2) is 11.7 Å². The number of ketones is 1. The molecule has 0 saturated heterocycles. The van der Waals surface area contributed by atoms with Crippen molar-refractivity contribution in [3.8, 4) is 0 Å². The molecule has 0 aliphatic carbocycles. The van der Waals surface area contributed by atoms with Crippen LogP contribution in [0.15, 0.2) is 48.5 Å². The summed E-state index contributed by atoms with van der Waals surface area (Å²) in [5, 5.41) is 2.92. The van der Waals surface area contributed by atoms with Crippen molar-refractivity contribution >= 4 is 17.4 Å². The number of hydrogen-bond donors (Lipinski definition) is 1. The van der Waals surface area contributed by atoms with Crippen LogP contribution in [0.5, 0.6) is 0 Å². The fourth-order valence-corrected chi connectivity index (χ4v) is 2.46. The monoisotopic (exact) mass is 295 g/mol. The Morgan fingerprint density at radius 1 is 0.864 bits per heavy atom. The van der Waals surface area contributed by atoms with Gasteiger partial charge in [0, 0.05) is 11.3 Å². The van der Waals surface area contributed by atoms with Crippen LogP contribution >= 0.6 is 0 Å². The molecule has 22 heavy (non-hydrogen) atoms. The molecule has 0 unspecified atom stereocenters. The third kappa shape index (κ3) is 3.82.